The quantitative estimate of drug-likeness (QED) is 0.449. The molecule has 0 spiro atoms. The molecule has 0 bridgehead atoms. The van der Waals surface area contributed by atoms with E-state index in [1.54, 1.807) is 0 Å². The molecule has 1 atom stereocenters. The predicted octanol–water partition coefficient (Wildman–Crippen LogP) is 1.72. The number of hydrogen-bond acceptors (Lipinski definition) is 2. The summed E-state index contributed by atoms with van der Waals surface area (Å²) in [6, 6.07) is 0. The molecule has 0 aliphatic rings. The van der Waals surface area contributed by atoms with Gasteiger partial charge in [0.25, 0.3) is 0 Å². The zero-order valence-corrected chi connectivity index (χ0v) is 11.9. The van der Waals surface area contributed by atoms with Crippen molar-refractivity contribution in [2.75, 3.05) is 6.61 Å². The van der Waals surface area contributed by atoms with Gasteiger partial charge in [-0.15, -0.1) is 12.4 Å². The third kappa shape index (κ3) is 6.11. The Morgan fingerprint density at radius 2 is 2.00 bits per heavy atom. The molecule has 1 unspecified atom stereocenters. The van der Waals surface area contributed by atoms with Crippen molar-refractivity contribution in [3.8, 4) is 0 Å². The molecule has 0 aliphatic carbocycles. The van der Waals surface area contributed by atoms with E-state index in [1.165, 1.54) is 0 Å². The Bertz CT molecular complexity index is 149. The number of aliphatic hydroxyl groups excluding tert-OH is 1. The second kappa shape index (κ2) is 6.96. The molecule has 0 aromatic rings. The van der Waals surface area contributed by atoms with E-state index in [0.717, 1.165) is 22.5 Å². The molecule has 0 saturated carbocycles. The van der Waals surface area contributed by atoms with Gasteiger partial charge in [-0.3, -0.25) is 0 Å². The topological polar surface area (TPSA) is 44.1 Å². The average Bonchev–Trinajstić information content (AvgIpc) is 1.85. The van der Waals surface area contributed by atoms with Gasteiger partial charge >= 0.3 is 94.3 Å². The van der Waals surface area contributed by atoms with E-state index in [-0.39, 0.29) is 31.1 Å². The summed E-state index contributed by atoms with van der Waals surface area (Å²) < 4.78 is -1.06. The Hall–Kier alpha value is 1.59. The zero-order chi connectivity index (χ0) is 9.07. The molecule has 0 fully saturated rings. The third-order valence-electron chi connectivity index (χ3n) is 1.01. The average molecular weight is 359 g/mol. The molecule has 71 valence electrons. The van der Waals surface area contributed by atoms with Crippen LogP contribution in [0.2, 0.25) is 0 Å². The zero-order valence-electron chi connectivity index (χ0n) is 5.98. The Balaban J connectivity index is 0. The summed E-state index contributed by atoms with van der Waals surface area (Å²) in [5.74, 6) is 0. The van der Waals surface area contributed by atoms with Gasteiger partial charge in [-0.05, 0) is 0 Å². The van der Waals surface area contributed by atoms with Crippen LogP contribution >= 0.6 is 47.2 Å². The number of nitrogens with one attached hydrogen (secondary N) is 1. The van der Waals surface area contributed by atoms with Crippen LogP contribution in [0.3, 0.4) is 0 Å². The van der Waals surface area contributed by atoms with Crippen molar-refractivity contribution in [1.82, 2.24) is 0 Å². The summed E-state index contributed by atoms with van der Waals surface area (Å²) in [7, 11) is 0. The first-order valence-corrected chi connectivity index (χ1v) is 5.46. The van der Waals surface area contributed by atoms with Crippen LogP contribution in [-0.4, -0.2) is 47.7 Å². The number of aliphatic hydroxyl groups is 1. The molecule has 0 amide bonds. The van der Waals surface area contributed by atoms with Crippen molar-refractivity contribution in [3.05, 3.63) is 0 Å². The van der Waals surface area contributed by atoms with E-state index in [0.29, 0.717) is 0 Å². The monoisotopic (exact) mass is 358 g/mol. The van der Waals surface area contributed by atoms with Gasteiger partial charge < -0.3 is 0 Å². The van der Waals surface area contributed by atoms with E-state index in [2.05, 4.69) is 0 Å². The van der Waals surface area contributed by atoms with E-state index in [4.69, 9.17) is 45.3 Å². The van der Waals surface area contributed by atoms with Crippen molar-refractivity contribution in [3.63, 3.8) is 0 Å². The summed E-state index contributed by atoms with van der Waals surface area (Å²) in [6.45, 7) is -0.0952. The molecule has 0 saturated heterocycles. The standard InChI is InChI=1S/C5H7Cl3NO.ClH.Sn/c6-4(5(7)8)3(9)1-2-10;;/h4,9-10H,1-2H2;1H;. The summed E-state index contributed by atoms with van der Waals surface area (Å²) >= 11 is 17.9. The van der Waals surface area contributed by atoms with Crippen LogP contribution in [0, 0.1) is 5.41 Å². The number of rotatable bonds is 4. The van der Waals surface area contributed by atoms with Crippen LogP contribution in [0.1, 0.15) is 6.42 Å². The normalized spacial score (nSPS) is 13.4. The molecule has 3 radical (unpaired) electrons. The van der Waals surface area contributed by atoms with Gasteiger partial charge in [0.05, 0.1) is 0 Å². The first kappa shape index (κ1) is 16.0. The second-order valence-corrected chi connectivity index (χ2v) is 7.87. The molecule has 0 aromatic heterocycles. The maximum absolute atomic E-state index is 8.47. The Morgan fingerprint density at radius 3 is 2.25 bits per heavy atom. The summed E-state index contributed by atoms with van der Waals surface area (Å²) in [5, 5.41) is 15.1. The molecule has 12 heavy (non-hydrogen) atoms. The van der Waals surface area contributed by atoms with E-state index in [9.17, 15) is 0 Å². The van der Waals surface area contributed by atoms with Crippen molar-refractivity contribution < 1.29 is 5.11 Å². The minimum atomic E-state index is -1.06. The van der Waals surface area contributed by atoms with Crippen LogP contribution < -0.4 is 0 Å². The van der Waals surface area contributed by atoms with Gasteiger partial charge in [-0.1, -0.05) is 0 Å². The summed E-state index contributed by atoms with van der Waals surface area (Å²) in [5.41, 5.74) is 0.177. The number of hydrogen-bond donors (Lipinski definition) is 2. The van der Waals surface area contributed by atoms with Crippen LogP contribution in [0.15, 0.2) is 0 Å². The van der Waals surface area contributed by atoms with E-state index >= 15 is 0 Å². The predicted molar refractivity (Wildman–Crippen MR) is 56.5 cm³/mol. The fourth-order valence-electron chi connectivity index (χ4n) is 0.466. The van der Waals surface area contributed by atoms with Gasteiger partial charge in [0, 0.05) is 0 Å². The van der Waals surface area contributed by atoms with E-state index < -0.39 is 7.73 Å². The molecular formula is C5H8Cl4NOSn. The molecule has 0 aromatic carbocycles. The summed E-state index contributed by atoms with van der Waals surface area (Å²) in [6.07, 6.45) is 0.226. The molecule has 0 aliphatic heterocycles. The first-order valence-electron chi connectivity index (χ1n) is 2.84. The van der Waals surface area contributed by atoms with Crippen molar-refractivity contribution in [1.29, 1.82) is 5.41 Å². The van der Waals surface area contributed by atoms with Gasteiger partial charge in [0.1, 0.15) is 0 Å². The Morgan fingerprint density at radius 1 is 1.58 bits per heavy atom. The van der Waals surface area contributed by atoms with Crippen molar-refractivity contribution in [2.24, 2.45) is 0 Å². The van der Waals surface area contributed by atoms with Gasteiger partial charge in [0.2, 0.25) is 0 Å². The molecular weight excluding hydrogens is 351 g/mol. The van der Waals surface area contributed by atoms with Crippen LogP contribution in [0.25, 0.3) is 0 Å². The SMILES string of the molecule is Cl.N=C(CCO)C(Cl)[C](Cl)(Cl)[Sn]. The fraction of sp³-hybridized carbons (Fsp3) is 0.800. The molecule has 2 nitrogen and oxygen atoms in total. The second-order valence-electron chi connectivity index (χ2n) is 1.98. The molecule has 7 heteroatoms. The van der Waals surface area contributed by atoms with E-state index in [1.807, 2.05) is 0 Å². The Kier molecular flexibility index (Phi) is 9.30. The number of halogens is 4. The van der Waals surface area contributed by atoms with Crippen LogP contribution in [-0.2, 0) is 0 Å². The summed E-state index contributed by atoms with van der Waals surface area (Å²) in [4.78, 5) is 0. The van der Waals surface area contributed by atoms with Crippen LogP contribution in [0.5, 0.6) is 0 Å². The molecule has 0 heterocycles. The van der Waals surface area contributed by atoms with Gasteiger partial charge in [0.15, 0.2) is 0 Å². The van der Waals surface area contributed by atoms with Gasteiger partial charge in [-0.2, -0.15) is 0 Å². The maximum atomic E-state index is 8.47. The Labute approximate surface area is 106 Å². The molecule has 2 N–H and O–H groups in total. The fourth-order valence-corrected chi connectivity index (χ4v) is 1.34. The molecule has 0 rings (SSSR count). The van der Waals surface area contributed by atoms with Crippen LogP contribution in [0.4, 0.5) is 0 Å². The van der Waals surface area contributed by atoms with Crippen molar-refractivity contribution in [2.45, 2.75) is 14.1 Å². The number of alkyl halides is 3. The third-order valence-corrected chi connectivity index (χ3v) is 3.60. The van der Waals surface area contributed by atoms with Crippen molar-refractivity contribution >= 4 is 75.4 Å². The van der Waals surface area contributed by atoms with Gasteiger partial charge in [-0.25, -0.2) is 0 Å². The minimum absolute atomic E-state index is 0. The first-order chi connectivity index (χ1) is 4.89.